The fraction of sp³-hybridized carbons (Fsp3) is 0.765. The van der Waals surface area contributed by atoms with E-state index in [9.17, 15) is 24.9 Å². The second kappa shape index (κ2) is 21.6. The first-order valence-corrected chi connectivity index (χ1v) is 25.3. The van der Waals surface area contributed by atoms with Gasteiger partial charge in [0.2, 0.25) is 0 Å². The summed E-state index contributed by atoms with van der Waals surface area (Å²) in [7, 11) is 3.16. The van der Waals surface area contributed by atoms with Crippen molar-refractivity contribution in [2.24, 2.45) is 23.7 Å². The number of carbonyl (C=O) groups excluding carboxylic acids is 2. The molecule has 0 amide bonds. The van der Waals surface area contributed by atoms with Gasteiger partial charge in [-0.3, -0.25) is 9.59 Å². The van der Waals surface area contributed by atoms with Crippen molar-refractivity contribution in [3.63, 3.8) is 0 Å². The van der Waals surface area contributed by atoms with Crippen molar-refractivity contribution in [2.45, 2.75) is 198 Å². The highest BCUT2D eigenvalue weighted by Gasteiger charge is 2.60. The van der Waals surface area contributed by atoms with Gasteiger partial charge < -0.3 is 62.7 Å². The molecule has 2 bridgehead atoms. The Hall–Kier alpha value is -2.29. The summed E-state index contributed by atoms with van der Waals surface area (Å²) >= 11 is 1.03. The van der Waals surface area contributed by atoms with E-state index in [0.29, 0.717) is 30.4 Å². The minimum atomic E-state index is -1.85. The number of hydrogen-bond donors (Lipinski definition) is 3. The predicted molar refractivity (Wildman–Crippen MR) is 249 cm³/mol. The normalized spacial score (nSPS) is 47.4. The van der Waals surface area contributed by atoms with Crippen molar-refractivity contribution in [1.29, 1.82) is 0 Å². The average Bonchev–Trinajstić information content (AvgIpc) is 3.63. The van der Waals surface area contributed by atoms with E-state index in [1.165, 1.54) is 14.0 Å². The molecule has 1 unspecified atom stereocenters. The standard InChI is InChI=1S/C51H76O15S/c1-12-27(2)45-30(5)18-19-49(66-45)24-37-21-36(65-49)17-16-29(4)44(28(3)14-13-15-35-25-59-47-43(53)31(6)20-38(48(54)62-37)51(35,47)56)63-41-22-39(57-10)46(32(7)60-41)64-42-23-40(58-11)50(55,33(8)61-42)26-67-34(9)52/h13-16,18-20,27-28,30,32-33,36-47,53,55-56H,12,17,21-26H2,1-11H3/b14-13+,29-16+,35-15+/t27?,28-,30-,32-,33-,36+,37-,38-,39-,40-,41-,42-,43+,44-,45+,46-,47+,49+,50+,51+/m0/s1. The van der Waals surface area contributed by atoms with E-state index in [0.717, 1.165) is 23.8 Å². The van der Waals surface area contributed by atoms with Crippen LogP contribution < -0.4 is 0 Å². The summed E-state index contributed by atoms with van der Waals surface area (Å²) in [5.74, 6) is -2.53. The third-order valence-corrected chi connectivity index (χ3v) is 16.4. The topological polar surface area (TPSA) is 187 Å². The van der Waals surface area contributed by atoms with Gasteiger partial charge in [0.25, 0.3) is 0 Å². The molecule has 6 aliphatic heterocycles. The summed E-state index contributed by atoms with van der Waals surface area (Å²) in [5, 5.41) is 35.2. The van der Waals surface area contributed by atoms with Crippen molar-refractivity contribution in [1.82, 2.24) is 0 Å². The first-order valence-electron chi connectivity index (χ1n) is 24.3. The number of allylic oxidation sites excluding steroid dienone is 2. The molecule has 16 heteroatoms. The zero-order chi connectivity index (χ0) is 48.6. The minimum absolute atomic E-state index is 0.0170. The molecule has 7 aliphatic rings. The molecule has 0 aromatic heterocycles. The van der Waals surface area contributed by atoms with Crippen molar-refractivity contribution in [3.8, 4) is 0 Å². The van der Waals surface area contributed by atoms with Crippen LogP contribution in [0.15, 0.2) is 59.3 Å². The summed E-state index contributed by atoms with van der Waals surface area (Å²) in [6, 6.07) is 0. The highest BCUT2D eigenvalue weighted by Crippen LogP contribution is 2.47. The number of fused-ring (bicyclic) bond motifs is 2. The first-order chi connectivity index (χ1) is 31.7. The smallest absolute Gasteiger partial charge is 0.316 e. The quantitative estimate of drug-likeness (QED) is 0.170. The average molecular weight is 961 g/mol. The number of hydrogen-bond acceptors (Lipinski definition) is 16. The van der Waals surface area contributed by atoms with Gasteiger partial charge >= 0.3 is 5.97 Å². The lowest BCUT2D eigenvalue weighted by Gasteiger charge is -2.48. The lowest BCUT2D eigenvalue weighted by atomic mass is 9.71. The minimum Gasteiger partial charge on any atom is -0.462 e. The molecule has 0 saturated carbocycles. The molecule has 7 rings (SSSR count). The van der Waals surface area contributed by atoms with Crippen LogP contribution in [0.5, 0.6) is 0 Å². The van der Waals surface area contributed by atoms with E-state index < -0.39 is 102 Å². The summed E-state index contributed by atoms with van der Waals surface area (Å²) < 4.78 is 64.3. The van der Waals surface area contributed by atoms with Crippen LogP contribution in [-0.2, 0) is 57.0 Å². The lowest BCUT2D eigenvalue weighted by molar-refractivity contribution is -0.329. The summed E-state index contributed by atoms with van der Waals surface area (Å²) in [6.45, 7) is 17.4. The number of aliphatic hydroxyl groups excluding tert-OH is 1. The molecule has 15 nitrogen and oxygen atoms in total. The van der Waals surface area contributed by atoms with Gasteiger partial charge in [0.15, 0.2) is 23.5 Å². The SMILES string of the molecule is CCC(C)[C@H]1O[C@]2(C=C[C@@H]1C)C[C@@H]1C[C@@H](C/C=C(\C)[C@@H](O[C@H]3C[C@H](OC)[C@@H](O[C@H]4C[C@H](OC)[C@@](O)(CSC(C)=O)[C@H](C)O4)[C@H](C)O3)[C@@H](C)/C=C/C=C3\CO[C@@H]4[C@H](O)C(C)=C[C@@H](C(=O)O1)[C@]34O)O2. The number of thioether (sulfide) groups is 1. The van der Waals surface area contributed by atoms with E-state index in [-0.39, 0.29) is 54.2 Å². The largest absolute Gasteiger partial charge is 0.462 e. The Balaban J connectivity index is 1.15. The van der Waals surface area contributed by atoms with E-state index in [1.807, 2.05) is 39.0 Å². The van der Waals surface area contributed by atoms with Crippen LogP contribution in [0, 0.1) is 23.7 Å². The molecule has 6 heterocycles. The Bertz CT molecular complexity index is 1920. The Morgan fingerprint density at radius 2 is 1.70 bits per heavy atom. The number of methoxy groups -OCH3 is 2. The van der Waals surface area contributed by atoms with Crippen LogP contribution in [-0.4, -0.2) is 150 Å². The number of aliphatic hydroxyl groups is 3. The lowest BCUT2D eigenvalue weighted by Crippen LogP contribution is -2.62. The maximum absolute atomic E-state index is 14.4. The molecule has 4 fully saturated rings. The molecule has 1 aliphatic carbocycles. The van der Waals surface area contributed by atoms with Crippen molar-refractivity contribution in [3.05, 3.63) is 59.3 Å². The van der Waals surface area contributed by atoms with Gasteiger partial charge in [-0.2, -0.15) is 0 Å². The molecule has 4 saturated heterocycles. The monoisotopic (exact) mass is 960 g/mol. The van der Waals surface area contributed by atoms with Gasteiger partial charge in [0, 0.05) is 64.4 Å². The molecule has 0 aromatic carbocycles. The predicted octanol–water partition coefficient (Wildman–Crippen LogP) is 6.03. The van der Waals surface area contributed by atoms with Gasteiger partial charge in [-0.05, 0) is 62.8 Å². The van der Waals surface area contributed by atoms with E-state index in [2.05, 4.69) is 32.9 Å². The Morgan fingerprint density at radius 1 is 0.955 bits per heavy atom. The summed E-state index contributed by atoms with van der Waals surface area (Å²) in [5.41, 5.74) is -1.32. The van der Waals surface area contributed by atoms with Crippen LogP contribution in [0.1, 0.15) is 101 Å². The Morgan fingerprint density at radius 3 is 2.40 bits per heavy atom. The highest BCUT2D eigenvalue weighted by molar-refractivity contribution is 8.13. The van der Waals surface area contributed by atoms with Crippen molar-refractivity contribution < 1.29 is 72.3 Å². The number of ether oxygens (including phenoxy) is 10. The van der Waals surface area contributed by atoms with E-state index >= 15 is 0 Å². The number of esters is 1. The van der Waals surface area contributed by atoms with Crippen LogP contribution in [0.25, 0.3) is 0 Å². The third-order valence-electron chi connectivity index (χ3n) is 15.4. The Kier molecular flexibility index (Phi) is 16.9. The van der Waals surface area contributed by atoms with Crippen LogP contribution in [0.4, 0.5) is 0 Å². The van der Waals surface area contributed by atoms with Crippen LogP contribution in [0.2, 0.25) is 0 Å². The van der Waals surface area contributed by atoms with E-state index in [4.69, 9.17) is 47.4 Å². The zero-order valence-electron chi connectivity index (χ0n) is 41.2. The fourth-order valence-corrected chi connectivity index (χ4v) is 11.9. The summed E-state index contributed by atoms with van der Waals surface area (Å²) in [4.78, 5) is 26.2. The molecular weight excluding hydrogens is 885 g/mol. The molecule has 20 atom stereocenters. The first kappa shape index (κ1) is 52.5. The third kappa shape index (κ3) is 11.0. The highest BCUT2D eigenvalue weighted by atomic mass is 32.2. The van der Waals surface area contributed by atoms with Gasteiger partial charge in [0.05, 0.1) is 49.3 Å². The van der Waals surface area contributed by atoms with Gasteiger partial charge in [0.1, 0.15) is 41.5 Å². The fourth-order valence-electron chi connectivity index (χ4n) is 11.1. The molecule has 67 heavy (non-hydrogen) atoms. The maximum atomic E-state index is 14.4. The van der Waals surface area contributed by atoms with Crippen LogP contribution >= 0.6 is 11.8 Å². The molecule has 0 radical (unpaired) electrons. The van der Waals surface area contributed by atoms with Crippen molar-refractivity contribution in [2.75, 3.05) is 26.6 Å². The second-order valence-electron chi connectivity index (χ2n) is 20.1. The molecular formula is C51H76O15S. The van der Waals surface area contributed by atoms with Crippen molar-refractivity contribution >= 4 is 22.8 Å². The Labute approximate surface area is 400 Å². The number of rotatable bonds is 10. The zero-order valence-corrected chi connectivity index (χ0v) is 42.0. The molecule has 0 aromatic rings. The maximum Gasteiger partial charge on any atom is 0.316 e. The van der Waals surface area contributed by atoms with Gasteiger partial charge in [-0.15, -0.1) is 0 Å². The van der Waals surface area contributed by atoms with Crippen LogP contribution in [0.3, 0.4) is 0 Å². The summed E-state index contributed by atoms with van der Waals surface area (Å²) in [6.07, 6.45) is 8.08. The van der Waals surface area contributed by atoms with E-state index in [1.54, 1.807) is 33.1 Å². The van der Waals surface area contributed by atoms with Gasteiger partial charge in [-0.25, -0.2) is 0 Å². The number of carbonyl (C=O) groups is 2. The molecule has 1 spiro atoms. The molecule has 376 valence electrons. The van der Waals surface area contributed by atoms with Gasteiger partial charge in [-0.1, -0.05) is 82.3 Å². The second-order valence-corrected chi connectivity index (χ2v) is 21.3. The molecule has 3 N–H and O–H groups in total.